The van der Waals surface area contributed by atoms with Crippen LogP contribution in [0.15, 0.2) is 11.9 Å². The maximum Gasteiger partial charge on any atom is 0.0973 e. The van der Waals surface area contributed by atoms with Gasteiger partial charge in [-0.25, -0.2) is 4.39 Å². The van der Waals surface area contributed by atoms with E-state index in [1.807, 2.05) is 13.8 Å². The quantitative estimate of drug-likeness (QED) is 0.651. The van der Waals surface area contributed by atoms with Crippen molar-refractivity contribution in [2.75, 3.05) is 6.54 Å². The van der Waals surface area contributed by atoms with Crippen molar-refractivity contribution in [2.45, 2.75) is 32.2 Å². The average Bonchev–Trinajstić information content (AvgIpc) is 1.83. The third kappa shape index (κ3) is 7.49. The van der Waals surface area contributed by atoms with Crippen LogP contribution in [-0.4, -0.2) is 12.1 Å². The Labute approximate surface area is 67.4 Å². The van der Waals surface area contributed by atoms with Crippen molar-refractivity contribution in [1.29, 1.82) is 0 Å². The van der Waals surface area contributed by atoms with Crippen molar-refractivity contribution in [2.24, 2.45) is 11.5 Å². The number of rotatable bonds is 4. The van der Waals surface area contributed by atoms with E-state index in [1.54, 1.807) is 0 Å². The van der Waals surface area contributed by atoms with Crippen LogP contribution in [0.2, 0.25) is 0 Å². The molecular formula is C8H17FN2. The number of hydrogen-bond acceptors (Lipinski definition) is 2. The summed E-state index contributed by atoms with van der Waals surface area (Å²) in [6.07, 6.45) is 2.42. The Bertz CT molecular complexity index is 136. The molecule has 0 saturated carbocycles. The number of halogens is 1. The van der Waals surface area contributed by atoms with Gasteiger partial charge in [-0.05, 0) is 26.3 Å². The summed E-state index contributed by atoms with van der Waals surface area (Å²) >= 11 is 0. The molecule has 66 valence electrons. The van der Waals surface area contributed by atoms with Crippen molar-refractivity contribution in [3.05, 3.63) is 11.9 Å². The second-order valence-corrected chi connectivity index (χ2v) is 3.38. The second kappa shape index (κ2) is 4.46. The highest BCUT2D eigenvalue weighted by Gasteiger charge is 2.10. The molecule has 0 radical (unpaired) electrons. The zero-order valence-electron chi connectivity index (χ0n) is 7.23. The van der Waals surface area contributed by atoms with Crippen LogP contribution < -0.4 is 11.5 Å². The van der Waals surface area contributed by atoms with Crippen molar-refractivity contribution in [3.63, 3.8) is 0 Å². The first-order chi connectivity index (χ1) is 4.95. The third-order valence-corrected chi connectivity index (χ3v) is 1.35. The van der Waals surface area contributed by atoms with E-state index in [4.69, 9.17) is 11.5 Å². The number of nitrogens with two attached hydrogens (primary N) is 2. The minimum atomic E-state index is -0.292. The van der Waals surface area contributed by atoms with Crippen LogP contribution in [-0.2, 0) is 0 Å². The Morgan fingerprint density at radius 2 is 2.09 bits per heavy atom. The number of allylic oxidation sites excluding steroid dienone is 1. The molecule has 0 aromatic carbocycles. The molecule has 0 aliphatic heterocycles. The van der Waals surface area contributed by atoms with E-state index >= 15 is 0 Å². The monoisotopic (exact) mass is 160 g/mol. The summed E-state index contributed by atoms with van der Waals surface area (Å²) in [6, 6.07) is 0. The second-order valence-electron chi connectivity index (χ2n) is 3.38. The normalized spacial score (nSPS) is 13.7. The minimum Gasteiger partial charge on any atom is -0.327 e. The molecule has 0 aromatic heterocycles. The molecule has 0 spiro atoms. The van der Waals surface area contributed by atoms with Gasteiger partial charge in [0.05, 0.1) is 5.83 Å². The standard InChI is InChI=1S/C8H17FN2/c1-8(2,11)5-3-7(9)4-6-10/h4H,3,5-6,10-11H2,1-2H3/b7-4-. The summed E-state index contributed by atoms with van der Waals surface area (Å²) in [5.41, 5.74) is 10.5. The Hall–Kier alpha value is -0.410. The van der Waals surface area contributed by atoms with E-state index in [2.05, 4.69) is 0 Å². The van der Waals surface area contributed by atoms with Gasteiger partial charge >= 0.3 is 0 Å². The molecule has 0 atom stereocenters. The predicted molar refractivity (Wildman–Crippen MR) is 45.7 cm³/mol. The molecule has 0 rings (SSSR count). The summed E-state index contributed by atoms with van der Waals surface area (Å²) in [4.78, 5) is 0. The van der Waals surface area contributed by atoms with Gasteiger partial charge in [0, 0.05) is 18.5 Å². The van der Waals surface area contributed by atoms with Crippen molar-refractivity contribution in [1.82, 2.24) is 0 Å². The fourth-order valence-corrected chi connectivity index (χ4v) is 0.672. The maximum absolute atomic E-state index is 12.7. The Balaban J connectivity index is 3.62. The summed E-state index contributed by atoms with van der Waals surface area (Å²) in [6.45, 7) is 4.02. The highest BCUT2D eigenvalue weighted by Crippen LogP contribution is 2.13. The van der Waals surface area contributed by atoms with Gasteiger partial charge in [-0.3, -0.25) is 0 Å². The summed E-state index contributed by atoms with van der Waals surface area (Å²) in [5.74, 6) is -0.161. The first kappa shape index (κ1) is 10.6. The van der Waals surface area contributed by atoms with Gasteiger partial charge in [0.15, 0.2) is 0 Å². The van der Waals surface area contributed by atoms with Crippen LogP contribution in [0.25, 0.3) is 0 Å². The molecule has 0 bridgehead atoms. The van der Waals surface area contributed by atoms with Crippen LogP contribution >= 0.6 is 0 Å². The van der Waals surface area contributed by atoms with Crippen LogP contribution in [0.4, 0.5) is 4.39 Å². The van der Waals surface area contributed by atoms with Crippen LogP contribution in [0.5, 0.6) is 0 Å². The Morgan fingerprint density at radius 3 is 2.45 bits per heavy atom. The fraction of sp³-hybridized carbons (Fsp3) is 0.750. The molecule has 2 nitrogen and oxygen atoms in total. The smallest absolute Gasteiger partial charge is 0.0973 e. The Morgan fingerprint density at radius 1 is 1.55 bits per heavy atom. The SMILES string of the molecule is CC(C)(N)CC/C(F)=C/CN. The van der Waals surface area contributed by atoms with E-state index < -0.39 is 0 Å². The molecule has 0 heterocycles. The van der Waals surface area contributed by atoms with Gasteiger partial charge in [-0.2, -0.15) is 0 Å². The lowest BCUT2D eigenvalue weighted by atomic mass is 10.00. The van der Waals surface area contributed by atoms with Crippen molar-refractivity contribution >= 4 is 0 Å². The van der Waals surface area contributed by atoms with Gasteiger partial charge in [0.25, 0.3) is 0 Å². The first-order valence-corrected chi connectivity index (χ1v) is 3.79. The summed E-state index contributed by atoms with van der Waals surface area (Å²) in [5, 5.41) is 0. The van der Waals surface area contributed by atoms with E-state index in [9.17, 15) is 4.39 Å². The van der Waals surface area contributed by atoms with Crippen molar-refractivity contribution in [3.8, 4) is 0 Å². The molecule has 0 amide bonds. The summed E-state index contributed by atoms with van der Waals surface area (Å²) < 4.78 is 12.7. The topological polar surface area (TPSA) is 52.0 Å². The van der Waals surface area contributed by atoms with E-state index in [0.29, 0.717) is 12.8 Å². The zero-order valence-corrected chi connectivity index (χ0v) is 7.23. The lowest BCUT2D eigenvalue weighted by molar-refractivity contribution is 0.445. The third-order valence-electron chi connectivity index (χ3n) is 1.35. The summed E-state index contributed by atoms with van der Waals surface area (Å²) in [7, 11) is 0. The van der Waals surface area contributed by atoms with Gasteiger partial charge < -0.3 is 11.5 Å². The average molecular weight is 160 g/mol. The van der Waals surface area contributed by atoms with Crippen LogP contribution in [0.1, 0.15) is 26.7 Å². The molecule has 0 aliphatic rings. The lowest BCUT2D eigenvalue weighted by Gasteiger charge is -2.16. The molecule has 11 heavy (non-hydrogen) atoms. The highest BCUT2D eigenvalue weighted by molar-refractivity contribution is 4.94. The van der Waals surface area contributed by atoms with Crippen molar-refractivity contribution < 1.29 is 4.39 Å². The van der Waals surface area contributed by atoms with Gasteiger partial charge in [0.1, 0.15) is 0 Å². The molecule has 0 aliphatic carbocycles. The molecule has 0 fully saturated rings. The van der Waals surface area contributed by atoms with E-state index in [0.717, 1.165) is 0 Å². The minimum absolute atomic E-state index is 0.161. The Kier molecular flexibility index (Phi) is 4.30. The highest BCUT2D eigenvalue weighted by atomic mass is 19.1. The molecule has 3 heteroatoms. The molecular weight excluding hydrogens is 143 g/mol. The van der Waals surface area contributed by atoms with Crippen LogP contribution in [0, 0.1) is 0 Å². The van der Waals surface area contributed by atoms with Gasteiger partial charge in [-0.15, -0.1) is 0 Å². The maximum atomic E-state index is 12.7. The molecule has 0 saturated heterocycles. The van der Waals surface area contributed by atoms with Gasteiger partial charge in [0.2, 0.25) is 0 Å². The lowest BCUT2D eigenvalue weighted by Crippen LogP contribution is -2.31. The number of hydrogen-bond donors (Lipinski definition) is 2. The molecule has 0 aromatic rings. The first-order valence-electron chi connectivity index (χ1n) is 3.79. The van der Waals surface area contributed by atoms with Crippen LogP contribution in [0.3, 0.4) is 0 Å². The molecule has 4 N–H and O–H groups in total. The largest absolute Gasteiger partial charge is 0.327 e. The van der Waals surface area contributed by atoms with Gasteiger partial charge in [-0.1, -0.05) is 0 Å². The zero-order chi connectivity index (χ0) is 8.91. The molecule has 0 unspecified atom stereocenters. The van der Waals surface area contributed by atoms with E-state index in [1.165, 1.54) is 6.08 Å². The fourth-order valence-electron chi connectivity index (χ4n) is 0.672. The van der Waals surface area contributed by atoms with E-state index in [-0.39, 0.29) is 17.9 Å². The predicted octanol–water partition coefficient (Wildman–Crippen LogP) is 1.32.